The molecular weight excluding hydrogens is 281 g/mol. The zero-order chi connectivity index (χ0) is 15.5. The lowest BCUT2D eigenvalue weighted by Crippen LogP contribution is -2.22. The Balaban J connectivity index is 2.22. The van der Waals surface area contributed by atoms with Crippen LogP contribution in [0, 0.1) is 5.82 Å². The third-order valence-corrected chi connectivity index (χ3v) is 3.21. The van der Waals surface area contributed by atoms with E-state index in [9.17, 15) is 4.39 Å². The van der Waals surface area contributed by atoms with Crippen molar-refractivity contribution in [2.24, 2.45) is 21.7 Å². The monoisotopic (exact) mass is 295 g/mol. The first kappa shape index (κ1) is 13.8. The minimum atomic E-state index is -0.352. The highest BCUT2D eigenvalue weighted by Gasteiger charge is 2.13. The predicted molar refractivity (Wildman–Crippen MR) is 86.1 cm³/mol. The highest BCUT2D eigenvalue weighted by atomic mass is 19.1. The van der Waals surface area contributed by atoms with E-state index in [-0.39, 0.29) is 11.8 Å². The first-order chi connectivity index (χ1) is 10.6. The first-order valence-corrected chi connectivity index (χ1v) is 6.64. The van der Waals surface area contributed by atoms with E-state index in [0.29, 0.717) is 11.3 Å². The number of guanidine groups is 1. The Bertz CT molecular complexity index is 875. The molecule has 0 aliphatic heterocycles. The molecule has 5 nitrogen and oxygen atoms in total. The lowest BCUT2D eigenvalue weighted by molar-refractivity contribution is 0.627. The SMILES string of the molecule is NC(N)=NN=C(c1cccc(F)c1)c1c[nH]c2ccccc12. The average molecular weight is 295 g/mol. The van der Waals surface area contributed by atoms with Crippen LogP contribution in [0.15, 0.2) is 64.9 Å². The Hall–Kier alpha value is -3.15. The number of H-pyrrole nitrogens is 1. The maximum atomic E-state index is 13.5. The molecule has 0 unspecified atom stereocenters. The lowest BCUT2D eigenvalue weighted by atomic mass is 10.0. The summed E-state index contributed by atoms with van der Waals surface area (Å²) in [5.74, 6) is -0.511. The molecule has 0 radical (unpaired) electrons. The second kappa shape index (κ2) is 5.69. The molecule has 0 saturated carbocycles. The summed E-state index contributed by atoms with van der Waals surface area (Å²) in [6, 6.07) is 13.9. The molecule has 6 heteroatoms. The smallest absolute Gasteiger partial charge is 0.211 e. The van der Waals surface area contributed by atoms with Crippen LogP contribution in [-0.4, -0.2) is 16.7 Å². The summed E-state index contributed by atoms with van der Waals surface area (Å²) in [7, 11) is 0. The molecule has 0 aliphatic carbocycles. The zero-order valence-electron chi connectivity index (χ0n) is 11.6. The number of nitrogens with zero attached hydrogens (tertiary/aromatic N) is 2. The Morgan fingerprint density at radius 3 is 2.59 bits per heavy atom. The predicted octanol–water partition coefficient (Wildman–Crippen LogP) is 2.33. The molecule has 0 saturated heterocycles. The molecular formula is C16H14FN5. The van der Waals surface area contributed by atoms with Crippen molar-refractivity contribution in [2.75, 3.05) is 0 Å². The molecule has 0 atom stereocenters. The standard InChI is InChI=1S/C16H14FN5/c17-11-5-3-4-10(8-11)15(21-22-16(18)19)13-9-20-14-7-2-1-6-12(13)14/h1-9,20H,(H4,18,19,22). The third-order valence-electron chi connectivity index (χ3n) is 3.21. The van der Waals surface area contributed by atoms with E-state index in [1.54, 1.807) is 18.3 Å². The van der Waals surface area contributed by atoms with Crippen LogP contribution in [0.1, 0.15) is 11.1 Å². The average Bonchev–Trinajstić information content (AvgIpc) is 2.92. The van der Waals surface area contributed by atoms with Gasteiger partial charge in [-0.05, 0) is 18.2 Å². The van der Waals surface area contributed by atoms with E-state index in [2.05, 4.69) is 15.2 Å². The molecule has 0 amide bonds. The van der Waals surface area contributed by atoms with Gasteiger partial charge in [0.1, 0.15) is 11.5 Å². The van der Waals surface area contributed by atoms with Crippen LogP contribution >= 0.6 is 0 Å². The number of rotatable bonds is 3. The van der Waals surface area contributed by atoms with Crippen LogP contribution in [0.25, 0.3) is 10.9 Å². The number of fused-ring (bicyclic) bond motifs is 1. The van der Waals surface area contributed by atoms with Crippen molar-refractivity contribution in [2.45, 2.75) is 0 Å². The van der Waals surface area contributed by atoms with E-state index in [1.165, 1.54) is 12.1 Å². The molecule has 0 fully saturated rings. The van der Waals surface area contributed by atoms with Crippen molar-refractivity contribution >= 4 is 22.6 Å². The second-order valence-corrected chi connectivity index (χ2v) is 4.73. The quantitative estimate of drug-likeness (QED) is 0.393. The van der Waals surface area contributed by atoms with E-state index < -0.39 is 0 Å². The summed E-state index contributed by atoms with van der Waals surface area (Å²) in [6.45, 7) is 0. The summed E-state index contributed by atoms with van der Waals surface area (Å²) < 4.78 is 13.5. The summed E-state index contributed by atoms with van der Waals surface area (Å²) in [4.78, 5) is 3.16. The van der Waals surface area contributed by atoms with Gasteiger partial charge < -0.3 is 16.5 Å². The normalized spacial score (nSPS) is 11.6. The van der Waals surface area contributed by atoms with Crippen LogP contribution < -0.4 is 11.5 Å². The van der Waals surface area contributed by atoms with E-state index in [0.717, 1.165) is 16.5 Å². The van der Waals surface area contributed by atoms with Gasteiger partial charge in [0.2, 0.25) is 5.96 Å². The van der Waals surface area contributed by atoms with Crippen LogP contribution in [-0.2, 0) is 0 Å². The minimum absolute atomic E-state index is 0.159. The van der Waals surface area contributed by atoms with Gasteiger partial charge in [0.05, 0.1) is 0 Å². The van der Waals surface area contributed by atoms with Gasteiger partial charge in [0, 0.05) is 28.2 Å². The summed E-state index contributed by atoms with van der Waals surface area (Å²) in [5.41, 5.74) is 13.5. The Morgan fingerprint density at radius 1 is 1.00 bits per heavy atom. The fraction of sp³-hybridized carbons (Fsp3) is 0. The molecule has 22 heavy (non-hydrogen) atoms. The van der Waals surface area contributed by atoms with E-state index in [4.69, 9.17) is 11.5 Å². The number of hydrogen-bond acceptors (Lipinski definition) is 2. The van der Waals surface area contributed by atoms with Crippen molar-refractivity contribution in [3.05, 3.63) is 71.7 Å². The fourth-order valence-electron chi connectivity index (χ4n) is 2.28. The fourth-order valence-corrected chi connectivity index (χ4v) is 2.28. The van der Waals surface area contributed by atoms with Gasteiger partial charge in [-0.3, -0.25) is 0 Å². The van der Waals surface area contributed by atoms with Gasteiger partial charge in [-0.1, -0.05) is 30.3 Å². The number of nitrogens with two attached hydrogens (primary N) is 2. The van der Waals surface area contributed by atoms with E-state index >= 15 is 0 Å². The first-order valence-electron chi connectivity index (χ1n) is 6.64. The Morgan fingerprint density at radius 2 is 1.82 bits per heavy atom. The lowest BCUT2D eigenvalue weighted by Gasteiger charge is -2.05. The van der Waals surface area contributed by atoms with Crippen LogP contribution in [0.4, 0.5) is 4.39 Å². The molecule has 0 spiro atoms. The van der Waals surface area contributed by atoms with Crippen molar-refractivity contribution < 1.29 is 4.39 Å². The highest BCUT2D eigenvalue weighted by Crippen LogP contribution is 2.22. The molecule has 3 aromatic rings. The zero-order valence-corrected chi connectivity index (χ0v) is 11.6. The Labute approximate surface area is 126 Å². The number of benzene rings is 2. The van der Waals surface area contributed by atoms with Gasteiger partial charge in [0.25, 0.3) is 0 Å². The molecule has 2 aromatic carbocycles. The van der Waals surface area contributed by atoms with Crippen molar-refractivity contribution in [3.63, 3.8) is 0 Å². The maximum absolute atomic E-state index is 13.5. The maximum Gasteiger partial charge on any atom is 0.211 e. The molecule has 3 rings (SSSR count). The van der Waals surface area contributed by atoms with Crippen molar-refractivity contribution in [1.29, 1.82) is 0 Å². The van der Waals surface area contributed by atoms with Gasteiger partial charge in [-0.2, -0.15) is 0 Å². The van der Waals surface area contributed by atoms with Gasteiger partial charge >= 0.3 is 0 Å². The number of aromatic amines is 1. The largest absolute Gasteiger partial charge is 0.369 e. The number of aromatic nitrogens is 1. The molecule has 0 aliphatic rings. The van der Waals surface area contributed by atoms with Gasteiger partial charge in [0.15, 0.2) is 0 Å². The van der Waals surface area contributed by atoms with Gasteiger partial charge in [-0.15, -0.1) is 10.2 Å². The minimum Gasteiger partial charge on any atom is -0.369 e. The molecule has 0 bridgehead atoms. The van der Waals surface area contributed by atoms with Crippen LogP contribution in [0.5, 0.6) is 0 Å². The highest BCUT2D eigenvalue weighted by molar-refractivity contribution is 6.19. The van der Waals surface area contributed by atoms with Crippen molar-refractivity contribution in [1.82, 2.24) is 4.98 Å². The molecule has 5 N–H and O–H groups in total. The number of hydrogen-bond donors (Lipinski definition) is 3. The number of para-hydroxylation sites is 1. The second-order valence-electron chi connectivity index (χ2n) is 4.73. The van der Waals surface area contributed by atoms with Crippen LogP contribution in [0.2, 0.25) is 0 Å². The molecule has 1 aromatic heterocycles. The van der Waals surface area contributed by atoms with Gasteiger partial charge in [-0.25, -0.2) is 4.39 Å². The summed E-state index contributed by atoms with van der Waals surface area (Å²) in [6.07, 6.45) is 1.80. The number of nitrogens with one attached hydrogen (secondary N) is 1. The van der Waals surface area contributed by atoms with Crippen molar-refractivity contribution in [3.8, 4) is 0 Å². The summed E-state index contributed by atoms with van der Waals surface area (Å²) >= 11 is 0. The summed E-state index contributed by atoms with van der Waals surface area (Å²) in [5, 5.41) is 8.77. The number of halogens is 1. The topological polar surface area (TPSA) is 92.6 Å². The van der Waals surface area contributed by atoms with E-state index in [1.807, 2.05) is 24.3 Å². The van der Waals surface area contributed by atoms with Crippen LogP contribution in [0.3, 0.4) is 0 Å². The molecule has 110 valence electrons. The molecule has 1 heterocycles. The Kier molecular flexibility index (Phi) is 3.57. The third kappa shape index (κ3) is 2.67.